The van der Waals surface area contributed by atoms with Gasteiger partial charge in [0, 0.05) is 45.8 Å². The average molecular weight is 489 g/mol. The van der Waals surface area contributed by atoms with E-state index >= 15 is 0 Å². The number of hydrogen-bond acceptors (Lipinski definition) is 5. The Morgan fingerprint density at radius 1 is 1.04 bits per heavy atom. The number of halogens is 1. The maximum Gasteiger partial charge on any atom is 0.231 e. The lowest BCUT2D eigenvalue weighted by atomic mass is 10.2. The van der Waals surface area contributed by atoms with E-state index in [1.165, 1.54) is 13.1 Å². The van der Waals surface area contributed by atoms with Crippen LogP contribution in [0.15, 0.2) is 23.2 Å². The van der Waals surface area contributed by atoms with E-state index in [1.54, 1.807) is 0 Å². The molecular weight excluding hydrogens is 457 g/mol. The van der Waals surface area contributed by atoms with Crippen molar-refractivity contribution in [1.82, 2.24) is 20.4 Å². The fourth-order valence-electron chi connectivity index (χ4n) is 3.21. The normalized spacial score (nSPS) is 17.5. The zero-order valence-corrected chi connectivity index (χ0v) is 18.7. The van der Waals surface area contributed by atoms with Gasteiger partial charge in [0.25, 0.3) is 0 Å². The minimum Gasteiger partial charge on any atom is -0.454 e. The third-order valence-corrected chi connectivity index (χ3v) is 4.83. The highest BCUT2D eigenvalue weighted by Crippen LogP contribution is 2.32. The Hall–Kier alpha value is -1.26. The molecule has 0 bridgehead atoms. The first kappa shape index (κ1) is 22.0. The van der Waals surface area contributed by atoms with E-state index in [9.17, 15) is 0 Å². The van der Waals surface area contributed by atoms with Crippen molar-refractivity contribution in [1.29, 1.82) is 0 Å². The molecule has 7 nitrogen and oxygen atoms in total. The molecule has 1 aromatic carbocycles. The average Bonchev–Trinajstić information content (AvgIpc) is 3.14. The molecule has 0 amide bonds. The molecule has 152 valence electrons. The van der Waals surface area contributed by atoms with Crippen molar-refractivity contribution in [3.63, 3.8) is 0 Å². The summed E-state index contributed by atoms with van der Waals surface area (Å²) in [7, 11) is 0. The summed E-state index contributed by atoms with van der Waals surface area (Å²) in [5, 5.41) is 6.76. The summed E-state index contributed by atoms with van der Waals surface area (Å²) < 4.78 is 10.8. The van der Waals surface area contributed by atoms with Crippen molar-refractivity contribution in [3.05, 3.63) is 23.8 Å². The van der Waals surface area contributed by atoms with Crippen molar-refractivity contribution in [2.75, 3.05) is 59.2 Å². The van der Waals surface area contributed by atoms with E-state index in [-0.39, 0.29) is 24.0 Å². The molecule has 3 rings (SSSR count). The van der Waals surface area contributed by atoms with Crippen LogP contribution in [-0.2, 0) is 6.54 Å². The smallest absolute Gasteiger partial charge is 0.231 e. The molecule has 2 heterocycles. The van der Waals surface area contributed by atoms with Crippen LogP contribution in [0.25, 0.3) is 0 Å². The van der Waals surface area contributed by atoms with Crippen molar-refractivity contribution in [2.45, 2.75) is 20.4 Å². The number of piperazine rings is 1. The van der Waals surface area contributed by atoms with Crippen molar-refractivity contribution in [3.8, 4) is 11.5 Å². The molecule has 1 saturated heterocycles. The van der Waals surface area contributed by atoms with Gasteiger partial charge in [-0.3, -0.25) is 4.90 Å². The third-order valence-electron chi connectivity index (χ3n) is 4.83. The third kappa shape index (κ3) is 6.69. The predicted molar refractivity (Wildman–Crippen MR) is 119 cm³/mol. The van der Waals surface area contributed by atoms with Crippen molar-refractivity contribution >= 4 is 29.9 Å². The van der Waals surface area contributed by atoms with Gasteiger partial charge in [-0.15, -0.1) is 24.0 Å². The van der Waals surface area contributed by atoms with Crippen molar-refractivity contribution < 1.29 is 9.47 Å². The minimum absolute atomic E-state index is 0. The van der Waals surface area contributed by atoms with Gasteiger partial charge < -0.3 is 25.0 Å². The Bertz CT molecular complexity index is 606. The summed E-state index contributed by atoms with van der Waals surface area (Å²) in [6.07, 6.45) is 0. The van der Waals surface area contributed by atoms with Crippen LogP contribution in [0.1, 0.15) is 19.4 Å². The zero-order chi connectivity index (χ0) is 18.2. The quantitative estimate of drug-likeness (QED) is 0.346. The van der Waals surface area contributed by atoms with Crippen LogP contribution in [0.4, 0.5) is 0 Å². The molecule has 2 aliphatic heterocycles. The maximum absolute atomic E-state index is 5.43. The molecule has 0 aromatic heterocycles. The van der Waals surface area contributed by atoms with Crippen LogP contribution < -0.4 is 20.1 Å². The van der Waals surface area contributed by atoms with Gasteiger partial charge in [-0.25, -0.2) is 4.99 Å². The second-order valence-corrected chi connectivity index (χ2v) is 6.59. The van der Waals surface area contributed by atoms with E-state index in [1.807, 2.05) is 18.2 Å². The Labute approximate surface area is 179 Å². The number of hydrogen-bond donors (Lipinski definition) is 2. The predicted octanol–water partition coefficient (Wildman–Crippen LogP) is 1.73. The van der Waals surface area contributed by atoms with Gasteiger partial charge in [-0.2, -0.15) is 0 Å². The molecule has 0 saturated carbocycles. The van der Waals surface area contributed by atoms with E-state index in [4.69, 9.17) is 9.47 Å². The Balaban J connectivity index is 0.00000261. The number of nitrogens with one attached hydrogen (secondary N) is 2. The molecule has 0 aliphatic carbocycles. The first-order chi connectivity index (χ1) is 12.8. The van der Waals surface area contributed by atoms with Gasteiger partial charge in [0.15, 0.2) is 17.5 Å². The van der Waals surface area contributed by atoms with Gasteiger partial charge in [-0.1, -0.05) is 13.0 Å². The zero-order valence-electron chi connectivity index (χ0n) is 16.4. The Morgan fingerprint density at radius 3 is 2.52 bits per heavy atom. The minimum atomic E-state index is 0. The van der Waals surface area contributed by atoms with Gasteiger partial charge in [-0.05, 0) is 31.2 Å². The molecule has 0 atom stereocenters. The second-order valence-electron chi connectivity index (χ2n) is 6.59. The van der Waals surface area contributed by atoms with Gasteiger partial charge in [0.05, 0.1) is 6.54 Å². The van der Waals surface area contributed by atoms with E-state index < -0.39 is 0 Å². The fourth-order valence-corrected chi connectivity index (χ4v) is 3.21. The van der Waals surface area contributed by atoms with Crippen LogP contribution >= 0.6 is 24.0 Å². The number of aliphatic imine (C=N–C) groups is 1. The highest BCUT2D eigenvalue weighted by Gasteiger charge is 2.15. The lowest BCUT2D eigenvalue weighted by Crippen LogP contribution is -2.49. The van der Waals surface area contributed by atoms with Crippen molar-refractivity contribution in [2.24, 2.45) is 4.99 Å². The highest BCUT2D eigenvalue weighted by atomic mass is 127. The maximum atomic E-state index is 5.43. The number of guanidine groups is 1. The van der Waals surface area contributed by atoms with Gasteiger partial charge >= 0.3 is 0 Å². The molecule has 0 radical (unpaired) electrons. The molecule has 0 spiro atoms. The van der Waals surface area contributed by atoms with E-state index in [0.29, 0.717) is 13.3 Å². The van der Waals surface area contributed by atoms with Crippen LogP contribution in [0, 0.1) is 0 Å². The van der Waals surface area contributed by atoms with Gasteiger partial charge in [0.2, 0.25) is 6.79 Å². The Morgan fingerprint density at radius 2 is 1.78 bits per heavy atom. The lowest BCUT2D eigenvalue weighted by Gasteiger charge is -2.34. The van der Waals surface area contributed by atoms with E-state index in [2.05, 4.69) is 39.3 Å². The molecule has 1 aromatic rings. The topological polar surface area (TPSA) is 61.4 Å². The largest absolute Gasteiger partial charge is 0.454 e. The first-order valence-corrected chi connectivity index (χ1v) is 9.64. The van der Waals surface area contributed by atoms with Crippen LogP contribution in [-0.4, -0.2) is 74.9 Å². The monoisotopic (exact) mass is 489 g/mol. The summed E-state index contributed by atoms with van der Waals surface area (Å²) in [4.78, 5) is 9.70. The van der Waals surface area contributed by atoms with Crippen LogP contribution in [0.5, 0.6) is 11.5 Å². The first-order valence-electron chi connectivity index (χ1n) is 9.64. The fraction of sp³-hybridized carbons (Fsp3) is 0.632. The van der Waals surface area contributed by atoms with Crippen LogP contribution in [0.2, 0.25) is 0 Å². The van der Waals surface area contributed by atoms with Crippen LogP contribution in [0.3, 0.4) is 0 Å². The highest BCUT2D eigenvalue weighted by molar-refractivity contribution is 14.0. The number of likely N-dealkylation sites (N-methyl/N-ethyl adjacent to an activating group) is 1. The van der Waals surface area contributed by atoms with Gasteiger partial charge in [0.1, 0.15) is 0 Å². The molecular formula is C19H32IN5O2. The number of nitrogens with zero attached hydrogens (tertiary/aromatic N) is 3. The summed E-state index contributed by atoms with van der Waals surface area (Å²) in [6.45, 7) is 13.8. The van der Waals surface area contributed by atoms with E-state index in [0.717, 1.165) is 62.3 Å². The number of ether oxygens (including phenoxy) is 2. The molecule has 0 unspecified atom stereocenters. The SMILES string of the molecule is CCNC(=NCc1ccc2c(c1)OCO2)NCCN1CCN(CC)CC1.I. The Kier molecular flexibility index (Phi) is 9.43. The molecule has 2 N–H and O–H groups in total. The lowest BCUT2D eigenvalue weighted by molar-refractivity contribution is 0.139. The number of benzene rings is 1. The summed E-state index contributed by atoms with van der Waals surface area (Å²) in [5.74, 6) is 2.48. The molecule has 8 heteroatoms. The molecule has 1 fully saturated rings. The molecule has 2 aliphatic rings. The summed E-state index contributed by atoms with van der Waals surface area (Å²) in [5.41, 5.74) is 1.11. The number of rotatable bonds is 7. The molecule has 27 heavy (non-hydrogen) atoms. The summed E-state index contributed by atoms with van der Waals surface area (Å²) in [6, 6.07) is 5.99. The standard InChI is InChI=1S/C19H31N5O2.HI/c1-3-20-19(21-7-8-24-11-9-23(4-2)10-12-24)22-14-16-5-6-17-18(13-16)26-15-25-17;/h5-6,13H,3-4,7-12,14-15H2,1-2H3,(H2,20,21,22);1H. The second kappa shape index (κ2) is 11.6. The number of fused-ring (bicyclic) bond motifs is 1. The summed E-state index contributed by atoms with van der Waals surface area (Å²) >= 11 is 0.